The molecule has 16 heavy (non-hydrogen) atoms. The van der Waals surface area contributed by atoms with Crippen molar-refractivity contribution in [1.29, 1.82) is 0 Å². The molecule has 2 heterocycles. The Morgan fingerprint density at radius 3 is 2.94 bits per heavy atom. The van der Waals surface area contributed by atoms with Gasteiger partial charge in [0.2, 0.25) is 0 Å². The molecule has 0 amide bonds. The van der Waals surface area contributed by atoms with Crippen LogP contribution in [0.1, 0.15) is 6.42 Å². The molecule has 0 bridgehead atoms. The number of aromatic nitrogens is 1. The summed E-state index contributed by atoms with van der Waals surface area (Å²) >= 11 is 6.60. The minimum atomic E-state index is -3.48. The Morgan fingerprint density at radius 2 is 2.44 bits per heavy atom. The predicted molar refractivity (Wildman–Crippen MR) is 61.3 cm³/mol. The van der Waals surface area contributed by atoms with Gasteiger partial charge in [0.15, 0.2) is 8.68 Å². The lowest BCUT2D eigenvalue weighted by molar-refractivity contribution is 0.181. The number of halogens is 1. The van der Waals surface area contributed by atoms with Gasteiger partial charge < -0.3 is 4.74 Å². The lowest BCUT2D eigenvalue weighted by Gasteiger charge is -2.21. The Labute approximate surface area is 103 Å². The van der Waals surface area contributed by atoms with Crippen LogP contribution in [0.15, 0.2) is 10.4 Å². The Balaban J connectivity index is 2.24. The van der Waals surface area contributed by atoms with Crippen molar-refractivity contribution in [3.63, 3.8) is 0 Å². The first-order valence-corrected chi connectivity index (χ1v) is 7.32. The molecule has 1 atom stereocenters. The molecule has 0 aromatic carbocycles. The van der Waals surface area contributed by atoms with E-state index in [0.717, 1.165) is 17.8 Å². The number of rotatable bonds is 3. The summed E-state index contributed by atoms with van der Waals surface area (Å²) in [6.45, 7) is 1.05. The van der Waals surface area contributed by atoms with E-state index < -0.39 is 10.0 Å². The summed E-state index contributed by atoms with van der Waals surface area (Å²) in [5.41, 5.74) is 0. The van der Waals surface area contributed by atoms with Crippen LogP contribution in [0.2, 0.25) is 4.47 Å². The van der Waals surface area contributed by atoms with Gasteiger partial charge in [0.1, 0.15) is 0 Å². The molecule has 90 valence electrons. The summed E-state index contributed by atoms with van der Waals surface area (Å²) in [6, 6.07) is -0.0918. The summed E-state index contributed by atoms with van der Waals surface area (Å²) in [5.74, 6) is 0. The number of thiazole rings is 1. The van der Waals surface area contributed by atoms with Gasteiger partial charge in [-0.1, -0.05) is 22.9 Å². The van der Waals surface area contributed by atoms with E-state index in [-0.39, 0.29) is 14.7 Å². The molecule has 1 unspecified atom stereocenters. The van der Waals surface area contributed by atoms with Gasteiger partial charge in [-0.15, -0.1) is 0 Å². The molecular formula is C8H11ClN2O3S2. The molecule has 1 aliphatic heterocycles. The first kappa shape index (κ1) is 12.3. The fourth-order valence-corrected chi connectivity index (χ4v) is 4.36. The van der Waals surface area contributed by atoms with Gasteiger partial charge in [-0.05, 0) is 6.42 Å². The topological polar surface area (TPSA) is 59.5 Å². The monoisotopic (exact) mass is 282 g/mol. The van der Waals surface area contributed by atoms with E-state index in [9.17, 15) is 8.42 Å². The molecule has 0 spiro atoms. The fraction of sp³-hybridized carbons (Fsp3) is 0.625. The summed E-state index contributed by atoms with van der Waals surface area (Å²) in [7, 11) is -1.92. The van der Waals surface area contributed by atoms with E-state index in [0.29, 0.717) is 13.2 Å². The molecule has 1 aliphatic rings. The van der Waals surface area contributed by atoms with Crippen molar-refractivity contribution in [2.75, 3.05) is 20.3 Å². The van der Waals surface area contributed by atoms with Crippen molar-refractivity contribution in [2.24, 2.45) is 0 Å². The zero-order valence-electron chi connectivity index (χ0n) is 8.59. The summed E-state index contributed by atoms with van der Waals surface area (Å²) in [4.78, 5) is 3.74. The minimum absolute atomic E-state index is 0.0918. The third-order valence-corrected chi connectivity index (χ3v) is 5.97. The van der Waals surface area contributed by atoms with Gasteiger partial charge in [0, 0.05) is 13.7 Å². The van der Waals surface area contributed by atoms with E-state index in [1.165, 1.54) is 10.5 Å². The zero-order valence-corrected chi connectivity index (χ0v) is 11.0. The third-order valence-electron chi connectivity index (χ3n) is 2.51. The average Bonchev–Trinajstić information content (AvgIpc) is 2.86. The molecule has 5 nitrogen and oxygen atoms in total. The number of sulfonamides is 1. The van der Waals surface area contributed by atoms with Crippen LogP contribution in [0.5, 0.6) is 0 Å². The van der Waals surface area contributed by atoms with Crippen molar-refractivity contribution in [2.45, 2.75) is 16.7 Å². The van der Waals surface area contributed by atoms with E-state index in [2.05, 4.69) is 4.98 Å². The van der Waals surface area contributed by atoms with E-state index in [4.69, 9.17) is 16.3 Å². The van der Waals surface area contributed by atoms with Crippen LogP contribution in [0.4, 0.5) is 0 Å². The molecule has 0 aliphatic carbocycles. The maximum atomic E-state index is 12.1. The Hall–Kier alpha value is -0.210. The molecule has 1 aromatic rings. The lowest BCUT2D eigenvalue weighted by Crippen LogP contribution is -2.36. The van der Waals surface area contributed by atoms with Crippen molar-refractivity contribution in [3.05, 3.63) is 10.7 Å². The maximum Gasteiger partial charge on any atom is 0.254 e. The smallest absolute Gasteiger partial charge is 0.254 e. The van der Waals surface area contributed by atoms with Gasteiger partial charge >= 0.3 is 0 Å². The van der Waals surface area contributed by atoms with Crippen LogP contribution >= 0.6 is 22.9 Å². The number of hydrogen-bond acceptors (Lipinski definition) is 5. The molecule has 2 rings (SSSR count). The highest BCUT2D eigenvalue weighted by molar-refractivity contribution is 7.91. The largest absolute Gasteiger partial charge is 0.380 e. The van der Waals surface area contributed by atoms with Gasteiger partial charge in [-0.3, -0.25) is 0 Å². The molecule has 1 aromatic heterocycles. The number of hydrogen-bond donors (Lipinski definition) is 0. The normalized spacial score (nSPS) is 21.8. The Kier molecular flexibility index (Phi) is 3.50. The quantitative estimate of drug-likeness (QED) is 0.836. The first-order valence-electron chi connectivity index (χ1n) is 4.69. The highest BCUT2D eigenvalue weighted by Crippen LogP contribution is 2.27. The van der Waals surface area contributed by atoms with E-state index >= 15 is 0 Å². The molecule has 0 saturated carbocycles. The van der Waals surface area contributed by atoms with Gasteiger partial charge in [0.25, 0.3) is 10.0 Å². The zero-order chi connectivity index (χ0) is 11.8. The minimum Gasteiger partial charge on any atom is -0.380 e. The Bertz CT molecular complexity index is 467. The highest BCUT2D eigenvalue weighted by Gasteiger charge is 2.31. The summed E-state index contributed by atoms with van der Waals surface area (Å²) < 4.78 is 31.1. The Morgan fingerprint density at radius 1 is 1.69 bits per heavy atom. The summed E-state index contributed by atoms with van der Waals surface area (Å²) in [5, 5.41) is 0. The van der Waals surface area contributed by atoms with Gasteiger partial charge in [0.05, 0.1) is 18.8 Å². The molecular weight excluding hydrogens is 272 g/mol. The second kappa shape index (κ2) is 4.58. The number of nitrogens with zero attached hydrogens (tertiary/aromatic N) is 2. The van der Waals surface area contributed by atoms with E-state index in [1.807, 2.05) is 0 Å². The molecule has 1 saturated heterocycles. The van der Waals surface area contributed by atoms with Crippen LogP contribution in [-0.4, -0.2) is 44.0 Å². The van der Waals surface area contributed by atoms with Gasteiger partial charge in [-0.2, -0.15) is 4.31 Å². The number of ether oxygens (including phenoxy) is 1. The molecule has 1 fully saturated rings. The first-order chi connectivity index (χ1) is 7.51. The molecule has 0 N–H and O–H groups in total. The lowest BCUT2D eigenvalue weighted by atomic mass is 10.3. The second-order valence-electron chi connectivity index (χ2n) is 3.47. The number of likely N-dealkylation sites (N-methyl/N-ethyl adjacent to an activating group) is 1. The van der Waals surface area contributed by atoms with Gasteiger partial charge in [-0.25, -0.2) is 13.4 Å². The molecule has 0 radical (unpaired) electrons. The standard InChI is InChI=1S/C8H11ClN2O3S2/c1-11(6-2-3-14-5-6)16(12,13)7-4-10-8(9)15-7/h4,6H,2-3,5H2,1H3. The second-order valence-corrected chi connectivity index (χ2v) is 7.31. The SMILES string of the molecule is CN(C1CCOC1)S(=O)(=O)c1cnc(Cl)s1. The summed E-state index contributed by atoms with van der Waals surface area (Å²) in [6.07, 6.45) is 2.01. The third kappa shape index (κ3) is 2.23. The van der Waals surface area contributed by atoms with Crippen LogP contribution in [-0.2, 0) is 14.8 Å². The van der Waals surface area contributed by atoms with Crippen molar-refractivity contribution in [3.8, 4) is 0 Å². The van der Waals surface area contributed by atoms with Crippen LogP contribution < -0.4 is 0 Å². The van der Waals surface area contributed by atoms with Crippen molar-refractivity contribution in [1.82, 2.24) is 9.29 Å². The predicted octanol–water partition coefficient (Wildman–Crippen LogP) is 1.21. The van der Waals surface area contributed by atoms with Crippen LogP contribution in [0.3, 0.4) is 0 Å². The van der Waals surface area contributed by atoms with Crippen LogP contribution in [0.25, 0.3) is 0 Å². The average molecular weight is 283 g/mol. The van der Waals surface area contributed by atoms with Crippen molar-refractivity contribution >= 4 is 33.0 Å². The van der Waals surface area contributed by atoms with E-state index in [1.54, 1.807) is 7.05 Å². The molecule has 8 heteroatoms. The van der Waals surface area contributed by atoms with Crippen LogP contribution in [0, 0.1) is 0 Å². The fourth-order valence-electron chi connectivity index (χ4n) is 1.51. The maximum absolute atomic E-state index is 12.1. The van der Waals surface area contributed by atoms with Crippen molar-refractivity contribution < 1.29 is 13.2 Å². The highest BCUT2D eigenvalue weighted by atomic mass is 35.5.